The molecule has 0 unspecified atom stereocenters. The second-order valence-corrected chi connectivity index (χ2v) is 5.27. The highest BCUT2D eigenvalue weighted by Gasteiger charge is 2.16. The maximum absolute atomic E-state index is 12.2. The highest BCUT2D eigenvalue weighted by atomic mass is 16.3. The zero-order valence-electron chi connectivity index (χ0n) is 13.1. The number of rotatable bonds is 5. The van der Waals surface area contributed by atoms with Gasteiger partial charge in [0.1, 0.15) is 12.3 Å². The standard InChI is InChI=1S/C17H20N2O3/c1-12-6-4-7-13(2)17(12)18-16(21)11-19(14(3)20)10-15-8-5-9-22-15/h4-9H,10-11H2,1-3H3,(H,18,21). The van der Waals surface area contributed by atoms with Crippen molar-refractivity contribution in [3.8, 4) is 0 Å². The summed E-state index contributed by atoms with van der Waals surface area (Å²) in [6.45, 7) is 5.59. The lowest BCUT2D eigenvalue weighted by molar-refractivity contribution is -0.133. The van der Waals surface area contributed by atoms with E-state index in [1.165, 1.54) is 11.8 Å². The van der Waals surface area contributed by atoms with Crippen LogP contribution in [0.25, 0.3) is 0 Å². The first-order chi connectivity index (χ1) is 10.5. The summed E-state index contributed by atoms with van der Waals surface area (Å²) in [5, 5.41) is 2.88. The molecule has 2 rings (SSSR count). The molecule has 0 fully saturated rings. The molecule has 116 valence electrons. The van der Waals surface area contributed by atoms with Crippen LogP contribution in [0.3, 0.4) is 0 Å². The Bertz CT molecular complexity index is 642. The van der Waals surface area contributed by atoms with Crippen LogP contribution in [0.1, 0.15) is 23.8 Å². The minimum atomic E-state index is -0.223. The topological polar surface area (TPSA) is 62.6 Å². The molecule has 0 saturated heterocycles. The molecular formula is C17H20N2O3. The molecule has 2 amide bonds. The minimum absolute atomic E-state index is 0.0101. The molecule has 0 saturated carbocycles. The normalized spacial score (nSPS) is 10.3. The van der Waals surface area contributed by atoms with Gasteiger partial charge in [-0.25, -0.2) is 0 Å². The first kappa shape index (κ1) is 15.8. The summed E-state index contributed by atoms with van der Waals surface area (Å²) in [4.78, 5) is 25.4. The number of hydrogen-bond donors (Lipinski definition) is 1. The van der Waals surface area contributed by atoms with Gasteiger partial charge in [-0.15, -0.1) is 0 Å². The first-order valence-corrected chi connectivity index (χ1v) is 7.11. The number of carbonyl (C=O) groups is 2. The van der Waals surface area contributed by atoms with Crippen molar-refractivity contribution < 1.29 is 14.0 Å². The SMILES string of the molecule is CC(=O)N(CC(=O)Nc1c(C)cccc1C)Cc1ccco1. The van der Waals surface area contributed by atoms with Crippen molar-refractivity contribution in [3.05, 3.63) is 53.5 Å². The van der Waals surface area contributed by atoms with E-state index in [1.807, 2.05) is 32.0 Å². The number of nitrogens with zero attached hydrogens (tertiary/aromatic N) is 1. The van der Waals surface area contributed by atoms with Crippen LogP contribution in [0.2, 0.25) is 0 Å². The van der Waals surface area contributed by atoms with Crippen LogP contribution in [0.5, 0.6) is 0 Å². The summed E-state index contributed by atoms with van der Waals surface area (Å²) in [6.07, 6.45) is 1.55. The summed E-state index contributed by atoms with van der Waals surface area (Å²) < 4.78 is 5.23. The zero-order chi connectivity index (χ0) is 16.1. The van der Waals surface area contributed by atoms with Gasteiger partial charge >= 0.3 is 0 Å². The van der Waals surface area contributed by atoms with E-state index in [0.717, 1.165) is 16.8 Å². The van der Waals surface area contributed by atoms with Crippen LogP contribution in [0.4, 0.5) is 5.69 Å². The summed E-state index contributed by atoms with van der Waals surface area (Å²) in [5.74, 6) is 0.252. The Morgan fingerprint density at radius 2 is 1.82 bits per heavy atom. The Kier molecular flexibility index (Phi) is 4.99. The van der Waals surface area contributed by atoms with E-state index in [9.17, 15) is 9.59 Å². The van der Waals surface area contributed by atoms with Crippen LogP contribution in [0, 0.1) is 13.8 Å². The molecule has 2 aromatic rings. The van der Waals surface area contributed by atoms with Crippen molar-refractivity contribution in [2.75, 3.05) is 11.9 Å². The molecule has 5 nitrogen and oxygen atoms in total. The largest absolute Gasteiger partial charge is 0.467 e. The van der Waals surface area contributed by atoms with Gasteiger partial charge in [0.2, 0.25) is 11.8 Å². The first-order valence-electron chi connectivity index (χ1n) is 7.11. The van der Waals surface area contributed by atoms with Gasteiger partial charge < -0.3 is 14.6 Å². The number of nitrogens with one attached hydrogen (secondary N) is 1. The number of benzene rings is 1. The van der Waals surface area contributed by atoms with Crippen molar-refractivity contribution in [1.29, 1.82) is 0 Å². The number of hydrogen-bond acceptors (Lipinski definition) is 3. The highest BCUT2D eigenvalue weighted by molar-refractivity contribution is 5.95. The van der Waals surface area contributed by atoms with Crippen molar-refractivity contribution in [2.45, 2.75) is 27.3 Å². The van der Waals surface area contributed by atoms with Crippen LogP contribution in [-0.2, 0) is 16.1 Å². The fourth-order valence-corrected chi connectivity index (χ4v) is 2.23. The third-order valence-corrected chi connectivity index (χ3v) is 3.45. The average molecular weight is 300 g/mol. The summed E-state index contributed by atoms with van der Waals surface area (Å²) in [6, 6.07) is 9.35. The third-order valence-electron chi connectivity index (χ3n) is 3.45. The maximum Gasteiger partial charge on any atom is 0.244 e. The Balaban J connectivity index is 2.04. The average Bonchev–Trinajstić information content (AvgIpc) is 2.95. The molecule has 0 spiro atoms. The molecule has 0 atom stereocenters. The quantitative estimate of drug-likeness (QED) is 0.923. The number of furan rings is 1. The van der Waals surface area contributed by atoms with Gasteiger partial charge in [0.05, 0.1) is 12.8 Å². The van der Waals surface area contributed by atoms with Crippen molar-refractivity contribution in [1.82, 2.24) is 4.90 Å². The fourth-order valence-electron chi connectivity index (χ4n) is 2.23. The fraction of sp³-hybridized carbons (Fsp3) is 0.294. The smallest absolute Gasteiger partial charge is 0.244 e. The van der Waals surface area contributed by atoms with Gasteiger partial charge in [0, 0.05) is 12.6 Å². The Morgan fingerprint density at radius 3 is 2.36 bits per heavy atom. The van der Waals surface area contributed by atoms with Crippen molar-refractivity contribution in [2.24, 2.45) is 0 Å². The summed E-state index contributed by atoms with van der Waals surface area (Å²) >= 11 is 0. The molecule has 0 bridgehead atoms. The lowest BCUT2D eigenvalue weighted by atomic mass is 10.1. The number of anilines is 1. The summed E-state index contributed by atoms with van der Waals surface area (Å²) in [5.41, 5.74) is 2.79. The number of aryl methyl sites for hydroxylation is 2. The second-order valence-electron chi connectivity index (χ2n) is 5.27. The zero-order valence-corrected chi connectivity index (χ0v) is 13.1. The van der Waals surface area contributed by atoms with E-state index in [-0.39, 0.29) is 24.9 Å². The predicted octanol–water partition coefficient (Wildman–Crippen LogP) is 2.88. The molecule has 0 aliphatic rings. The monoisotopic (exact) mass is 300 g/mol. The Hall–Kier alpha value is -2.56. The van der Waals surface area contributed by atoms with Gasteiger partial charge in [-0.3, -0.25) is 9.59 Å². The molecule has 0 aliphatic heterocycles. The van der Waals surface area contributed by atoms with E-state index in [0.29, 0.717) is 5.76 Å². The summed E-state index contributed by atoms with van der Waals surface area (Å²) in [7, 11) is 0. The van der Waals surface area contributed by atoms with Crippen LogP contribution >= 0.6 is 0 Å². The highest BCUT2D eigenvalue weighted by Crippen LogP contribution is 2.19. The van der Waals surface area contributed by atoms with Gasteiger partial charge in [0.25, 0.3) is 0 Å². The molecule has 1 N–H and O–H groups in total. The van der Waals surface area contributed by atoms with Crippen LogP contribution < -0.4 is 5.32 Å². The molecule has 0 radical (unpaired) electrons. The molecule has 0 aliphatic carbocycles. The lowest BCUT2D eigenvalue weighted by Crippen LogP contribution is -2.36. The number of para-hydroxylation sites is 1. The van der Waals surface area contributed by atoms with Gasteiger partial charge in [-0.1, -0.05) is 18.2 Å². The number of amides is 2. The van der Waals surface area contributed by atoms with E-state index in [2.05, 4.69) is 5.32 Å². The molecule has 5 heteroatoms. The molecule has 22 heavy (non-hydrogen) atoms. The minimum Gasteiger partial charge on any atom is -0.467 e. The van der Waals surface area contributed by atoms with Gasteiger partial charge in [-0.05, 0) is 37.1 Å². The number of carbonyl (C=O) groups excluding carboxylic acids is 2. The Labute approximate surface area is 129 Å². The Morgan fingerprint density at radius 1 is 1.14 bits per heavy atom. The maximum atomic E-state index is 12.2. The van der Waals surface area contributed by atoms with Crippen LogP contribution in [-0.4, -0.2) is 23.3 Å². The van der Waals surface area contributed by atoms with E-state index in [4.69, 9.17) is 4.42 Å². The molecule has 1 aromatic carbocycles. The molecular weight excluding hydrogens is 280 g/mol. The second kappa shape index (κ2) is 6.93. The van der Waals surface area contributed by atoms with Crippen molar-refractivity contribution >= 4 is 17.5 Å². The van der Waals surface area contributed by atoms with E-state index in [1.54, 1.807) is 18.4 Å². The predicted molar refractivity (Wildman–Crippen MR) is 84.3 cm³/mol. The van der Waals surface area contributed by atoms with Crippen LogP contribution in [0.15, 0.2) is 41.0 Å². The third kappa shape index (κ3) is 3.97. The molecule has 1 aromatic heterocycles. The molecule has 1 heterocycles. The van der Waals surface area contributed by atoms with Crippen molar-refractivity contribution in [3.63, 3.8) is 0 Å². The lowest BCUT2D eigenvalue weighted by Gasteiger charge is -2.20. The van der Waals surface area contributed by atoms with E-state index < -0.39 is 0 Å². The van der Waals surface area contributed by atoms with E-state index >= 15 is 0 Å². The van der Waals surface area contributed by atoms with Gasteiger partial charge in [-0.2, -0.15) is 0 Å². The van der Waals surface area contributed by atoms with Gasteiger partial charge in [0.15, 0.2) is 0 Å².